The topological polar surface area (TPSA) is 94.7 Å². The monoisotopic (exact) mass is 346 g/mol. The molecule has 0 aliphatic rings. The lowest BCUT2D eigenvalue weighted by Gasteiger charge is -2.08. The van der Waals surface area contributed by atoms with Crippen LogP contribution in [0.15, 0.2) is 41.6 Å². The Labute approximate surface area is 140 Å². The van der Waals surface area contributed by atoms with Gasteiger partial charge in [-0.05, 0) is 19.4 Å². The van der Waals surface area contributed by atoms with Crippen LogP contribution in [0.4, 0.5) is 5.95 Å². The molecule has 0 aliphatic carbocycles. The van der Waals surface area contributed by atoms with Crippen LogP contribution < -0.4 is 4.72 Å². The molecule has 0 atom stereocenters. The van der Waals surface area contributed by atoms with Crippen molar-refractivity contribution in [1.82, 2.24) is 24.5 Å². The van der Waals surface area contributed by atoms with E-state index < -0.39 is 10.0 Å². The number of anilines is 1. The van der Waals surface area contributed by atoms with Crippen molar-refractivity contribution in [1.29, 1.82) is 0 Å². The Bertz CT molecular complexity index is 959. The van der Waals surface area contributed by atoms with E-state index in [0.717, 1.165) is 5.56 Å². The van der Waals surface area contributed by atoms with Gasteiger partial charge in [-0.2, -0.15) is 15.2 Å². The highest BCUT2D eigenvalue weighted by atomic mass is 32.2. The van der Waals surface area contributed by atoms with Gasteiger partial charge in [0.25, 0.3) is 10.0 Å². The van der Waals surface area contributed by atoms with E-state index in [4.69, 9.17) is 0 Å². The zero-order valence-electron chi connectivity index (χ0n) is 13.6. The van der Waals surface area contributed by atoms with E-state index in [0.29, 0.717) is 17.9 Å². The second-order valence-electron chi connectivity index (χ2n) is 5.46. The first-order valence-electron chi connectivity index (χ1n) is 7.33. The Morgan fingerprint density at radius 2 is 1.88 bits per heavy atom. The summed E-state index contributed by atoms with van der Waals surface area (Å²) in [5.41, 5.74) is 2.07. The normalized spacial score (nSPS) is 11.6. The quantitative estimate of drug-likeness (QED) is 0.755. The molecule has 0 saturated heterocycles. The summed E-state index contributed by atoms with van der Waals surface area (Å²) in [6, 6.07) is 9.76. The summed E-state index contributed by atoms with van der Waals surface area (Å²) in [5.74, 6) is 0.157. The molecular formula is C15H18N6O2S. The third-order valence-corrected chi connectivity index (χ3v) is 5.28. The molecule has 126 valence electrons. The standard InChI is InChI=1S/C15H18N6O2S/c1-11-14(24(22,23)19-15-16-10-17-20(15)3)12(2)21(18-11)9-13-7-5-4-6-8-13/h4-8,10H,9H2,1-3H3,(H,16,17,19). The van der Waals surface area contributed by atoms with Crippen molar-refractivity contribution in [2.45, 2.75) is 25.3 Å². The number of nitrogens with zero attached hydrogens (tertiary/aromatic N) is 5. The van der Waals surface area contributed by atoms with Crippen molar-refractivity contribution in [3.63, 3.8) is 0 Å². The highest BCUT2D eigenvalue weighted by Gasteiger charge is 2.26. The molecule has 0 fully saturated rings. The number of nitrogens with one attached hydrogen (secondary N) is 1. The Morgan fingerprint density at radius 1 is 1.17 bits per heavy atom. The van der Waals surface area contributed by atoms with Crippen LogP contribution >= 0.6 is 0 Å². The van der Waals surface area contributed by atoms with Crippen LogP contribution in [-0.2, 0) is 23.6 Å². The van der Waals surface area contributed by atoms with Crippen LogP contribution in [0.1, 0.15) is 17.0 Å². The van der Waals surface area contributed by atoms with Gasteiger partial charge in [0.15, 0.2) is 0 Å². The second-order valence-corrected chi connectivity index (χ2v) is 7.08. The number of benzene rings is 1. The van der Waals surface area contributed by atoms with Crippen molar-refractivity contribution in [2.75, 3.05) is 4.72 Å². The maximum Gasteiger partial charge on any atom is 0.267 e. The molecule has 8 nitrogen and oxygen atoms in total. The number of sulfonamides is 1. The van der Waals surface area contributed by atoms with Crippen LogP contribution in [0.25, 0.3) is 0 Å². The molecule has 2 aromatic heterocycles. The zero-order chi connectivity index (χ0) is 17.3. The van der Waals surface area contributed by atoms with Gasteiger partial charge < -0.3 is 0 Å². The van der Waals surface area contributed by atoms with Crippen LogP contribution in [-0.4, -0.2) is 33.0 Å². The first kappa shape index (κ1) is 16.2. The van der Waals surface area contributed by atoms with Crippen molar-refractivity contribution in [3.8, 4) is 0 Å². The minimum Gasteiger partial charge on any atom is -0.264 e. The maximum absolute atomic E-state index is 12.7. The van der Waals surface area contributed by atoms with Crippen LogP contribution in [0.3, 0.4) is 0 Å². The van der Waals surface area contributed by atoms with Crippen molar-refractivity contribution in [3.05, 3.63) is 53.6 Å². The van der Waals surface area contributed by atoms with Crippen LogP contribution in [0, 0.1) is 13.8 Å². The molecule has 0 amide bonds. The molecule has 0 spiro atoms. The fraction of sp³-hybridized carbons (Fsp3) is 0.267. The predicted octanol–water partition coefficient (Wildman–Crippen LogP) is 1.48. The summed E-state index contributed by atoms with van der Waals surface area (Å²) in [6.45, 7) is 3.93. The Hall–Kier alpha value is -2.68. The number of aromatic nitrogens is 5. The molecule has 0 bridgehead atoms. The smallest absolute Gasteiger partial charge is 0.264 e. The van der Waals surface area contributed by atoms with Crippen molar-refractivity contribution in [2.24, 2.45) is 7.05 Å². The highest BCUT2D eigenvalue weighted by molar-refractivity contribution is 7.92. The Morgan fingerprint density at radius 3 is 2.50 bits per heavy atom. The van der Waals surface area contributed by atoms with E-state index in [1.165, 1.54) is 11.0 Å². The van der Waals surface area contributed by atoms with E-state index in [-0.39, 0.29) is 10.8 Å². The third-order valence-electron chi connectivity index (χ3n) is 3.70. The third kappa shape index (κ3) is 3.02. The van der Waals surface area contributed by atoms with Gasteiger partial charge in [0, 0.05) is 7.05 Å². The number of hydrogen-bond acceptors (Lipinski definition) is 5. The molecule has 24 heavy (non-hydrogen) atoms. The van der Waals surface area contributed by atoms with E-state index in [1.54, 1.807) is 25.6 Å². The number of aryl methyl sites for hydroxylation is 2. The van der Waals surface area contributed by atoms with Crippen LogP contribution in [0.2, 0.25) is 0 Å². The summed E-state index contributed by atoms with van der Waals surface area (Å²) >= 11 is 0. The van der Waals surface area contributed by atoms with Gasteiger partial charge in [0.1, 0.15) is 11.2 Å². The minimum absolute atomic E-state index is 0.157. The van der Waals surface area contributed by atoms with Crippen molar-refractivity contribution < 1.29 is 8.42 Å². The molecule has 0 aliphatic heterocycles. The molecule has 0 radical (unpaired) electrons. The number of rotatable bonds is 5. The highest BCUT2D eigenvalue weighted by Crippen LogP contribution is 2.22. The molecule has 0 saturated carbocycles. The summed E-state index contributed by atoms with van der Waals surface area (Å²) < 4.78 is 30.9. The first-order chi connectivity index (χ1) is 11.4. The Kier molecular flexibility index (Phi) is 4.10. The van der Waals surface area contributed by atoms with Gasteiger partial charge in [0.2, 0.25) is 5.95 Å². The molecule has 2 heterocycles. The van der Waals surface area contributed by atoms with E-state index in [1.807, 2.05) is 30.3 Å². The lowest BCUT2D eigenvalue weighted by atomic mass is 10.2. The summed E-state index contributed by atoms with van der Waals surface area (Å²) in [4.78, 5) is 4.06. The zero-order valence-corrected chi connectivity index (χ0v) is 14.4. The predicted molar refractivity (Wildman–Crippen MR) is 89.1 cm³/mol. The maximum atomic E-state index is 12.7. The first-order valence-corrected chi connectivity index (χ1v) is 8.81. The van der Waals surface area contributed by atoms with Gasteiger partial charge in [-0.3, -0.25) is 4.68 Å². The minimum atomic E-state index is -3.80. The molecule has 3 rings (SSSR count). The van der Waals surface area contributed by atoms with Gasteiger partial charge in [0.05, 0.1) is 17.9 Å². The van der Waals surface area contributed by atoms with Crippen molar-refractivity contribution >= 4 is 16.0 Å². The molecule has 1 aromatic carbocycles. The summed E-state index contributed by atoms with van der Waals surface area (Å²) in [5, 5.41) is 8.24. The molecular weight excluding hydrogens is 328 g/mol. The molecule has 0 unspecified atom stereocenters. The lowest BCUT2D eigenvalue weighted by Crippen LogP contribution is -2.18. The van der Waals surface area contributed by atoms with E-state index >= 15 is 0 Å². The van der Waals surface area contributed by atoms with E-state index in [2.05, 4.69) is 19.9 Å². The largest absolute Gasteiger partial charge is 0.267 e. The van der Waals surface area contributed by atoms with Gasteiger partial charge >= 0.3 is 0 Å². The lowest BCUT2D eigenvalue weighted by molar-refractivity contribution is 0.598. The summed E-state index contributed by atoms with van der Waals surface area (Å²) in [6.07, 6.45) is 1.29. The SMILES string of the molecule is Cc1nn(Cc2ccccc2)c(C)c1S(=O)(=O)Nc1ncnn1C. The Balaban J connectivity index is 1.95. The van der Waals surface area contributed by atoms with Gasteiger partial charge in [-0.25, -0.2) is 17.8 Å². The fourth-order valence-corrected chi connectivity index (χ4v) is 3.99. The number of hydrogen-bond donors (Lipinski definition) is 1. The van der Waals surface area contributed by atoms with E-state index in [9.17, 15) is 8.42 Å². The molecule has 3 aromatic rings. The average molecular weight is 346 g/mol. The second kappa shape index (κ2) is 6.08. The van der Waals surface area contributed by atoms with Gasteiger partial charge in [-0.1, -0.05) is 30.3 Å². The van der Waals surface area contributed by atoms with Crippen LogP contribution in [0.5, 0.6) is 0 Å². The van der Waals surface area contributed by atoms with Gasteiger partial charge in [-0.15, -0.1) is 0 Å². The summed E-state index contributed by atoms with van der Waals surface area (Å²) in [7, 11) is -2.18. The average Bonchev–Trinajstić information content (AvgIpc) is 3.04. The molecule has 1 N–H and O–H groups in total. The molecule has 9 heteroatoms. The fourth-order valence-electron chi connectivity index (χ4n) is 2.54.